The summed E-state index contributed by atoms with van der Waals surface area (Å²) in [6.07, 6.45) is 2.51. The van der Waals surface area contributed by atoms with Gasteiger partial charge in [0.05, 0.1) is 13.7 Å². The fourth-order valence-corrected chi connectivity index (χ4v) is 3.88. The van der Waals surface area contributed by atoms with Gasteiger partial charge in [-0.1, -0.05) is 22.0 Å². The third-order valence-corrected chi connectivity index (χ3v) is 5.59. The Bertz CT molecular complexity index is 895. The van der Waals surface area contributed by atoms with Crippen LogP contribution in [0.1, 0.15) is 29.5 Å². The Morgan fingerprint density at radius 1 is 1.22 bits per heavy atom. The number of ether oxygens (including phenoxy) is 3. The maximum Gasteiger partial charge on any atom is 0.283 e. The summed E-state index contributed by atoms with van der Waals surface area (Å²) in [6.45, 7) is 3.12. The standard InChI is InChI=1S/C21H23BrN2O3/c1-13-7-15(5-6-19(13)25-2)21(12-27-20(23)24-21)16-8-17(22)10-18(9-16)26-11-14-3-4-14/h5-10,14H,3-4,11-12H2,1-2H3,(H2,23,24). The van der Waals surface area contributed by atoms with Crippen LogP contribution < -0.4 is 15.2 Å². The number of rotatable bonds is 6. The summed E-state index contributed by atoms with van der Waals surface area (Å²) in [6, 6.07) is 12.3. The van der Waals surface area contributed by atoms with Gasteiger partial charge in [-0.2, -0.15) is 0 Å². The third kappa shape index (κ3) is 3.63. The molecule has 1 aliphatic heterocycles. The molecule has 2 aromatic rings. The predicted molar refractivity (Wildman–Crippen MR) is 108 cm³/mol. The van der Waals surface area contributed by atoms with E-state index in [0.717, 1.165) is 39.3 Å². The van der Waals surface area contributed by atoms with Crippen LogP contribution in [0.2, 0.25) is 0 Å². The van der Waals surface area contributed by atoms with Crippen molar-refractivity contribution < 1.29 is 14.2 Å². The largest absolute Gasteiger partial charge is 0.496 e. The Hall–Kier alpha value is -2.21. The Kier molecular flexibility index (Phi) is 4.76. The van der Waals surface area contributed by atoms with Gasteiger partial charge in [0.15, 0.2) is 5.54 Å². The second kappa shape index (κ2) is 7.08. The van der Waals surface area contributed by atoms with Crippen LogP contribution in [0.15, 0.2) is 45.9 Å². The number of aryl methyl sites for hydroxylation is 1. The van der Waals surface area contributed by atoms with Gasteiger partial charge >= 0.3 is 0 Å². The molecule has 2 aromatic carbocycles. The SMILES string of the molecule is COc1ccc(C2(c3cc(Br)cc(OCC4CC4)c3)COC(N)=N2)cc1C. The van der Waals surface area contributed by atoms with Crippen LogP contribution in [0.4, 0.5) is 0 Å². The summed E-state index contributed by atoms with van der Waals surface area (Å²) in [7, 11) is 1.67. The number of nitrogens with two attached hydrogens (primary N) is 1. The fraction of sp³-hybridized carbons (Fsp3) is 0.381. The molecular weight excluding hydrogens is 408 g/mol. The van der Waals surface area contributed by atoms with E-state index in [-0.39, 0.29) is 6.02 Å². The first kappa shape index (κ1) is 18.2. The Labute approximate surface area is 167 Å². The normalized spacial score (nSPS) is 21.5. The molecular formula is C21H23BrN2O3. The molecule has 4 rings (SSSR count). The number of hydrogen-bond acceptors (Lipinski definition) is 5. The minimum atomic E-state index is -0.706. The van der Waals surface area contributed by atoms with Gasteiger partial charge in [0.25, 0.3) is 6.02 Å². The van der Waals surface area contributed by atoms with E-state index in [4.69, 9.17) is 24.9 Å². The minimum absolute atomic E-state index is 0.198. The Morgan fingerprint density at radius 2 is 2.04 bits per heavy atom. The van der Waals surface area contributed by atoms with E-state index in [9.17, 15) is 0 Å². The number of benzene rings is 2. The number of amidine groups is 1. The second-order valence-electron chi connectivity index (χ2n) is 7.21. The molecule has 5 nitrogen and oxygen atoms in total. The van der Waals surface area contributed by atoms with Gasteiger partial charge in [0.1, 0.15) is 18.1 Å². The number of hydrogen-bond donors (Lipinski definition) is 1. The van der Waals surface area contributed by atoms with Crippen LogP contribution >= 0.6 is 15.9 Å². The predicted octanol–water partition coefficient (Wildman–Crippen LogP) is 4.14. The summed E-state index contributed by atoms with van der Waals surface area (Å²) < 4.78 is 18.0. The highest BCUT2D eigenvalue weighted by Gasteiger charge is 2.41. The lowest BCUT2D eigenvalue weighted by Gasteiger charge is -2.27. The lowest BCUT2D eigenvalue weighted by Crippen LogP contribution is -2.27. The first-order chi connectivity index (χ1) is 13.0. The number of halogens is 1. The summed E-state index contributed by atoms with van der Waals surface area (Å²) in [5, 5.41) is 0. The summed E-state index contributed by atoms with van der Waals surface area (Å²) in [5.74, 6) is 2.36. The van der Waals surface area contributed by atoms with Crippen LogP contribution in [-0.2, 0) is 10.3 Å². The summed E-state index contributed by atoms with van der Waals surface area (Å²) in [5.41, 5.74) is 8.24. The maximum atomic E-state index is 6.01. The molecule has 1 atom stereocenters. The first-order valence-corrected chi connectivity index (χ1v) is 9.86. The van der Waals surface area contributed by atoms with Crippen LogP contribution in [0.25, 0.3) is 0 Å². The Balaban J connectivity index is 1.77. The van der Waals surface area contributed by atoms with Crippen molar-refractivity contribution >= 4 is 22.0 Å². The highest BCUT2D eigenvalue weighted by atomic mass is 79.9. The van der Waals surface area contributed by atoms with E-state index >= 15 is 0 Å². The minimum Gasteiger partial charge on any atom is -0.496 e. The molecule has 0 amide bonds. The van der Waals surface area contributed by atoms with Crippen molar-refractivity contribution in [1.82, 2.24) is 0 Å². The van der Waals surface area contributed by atoms with Gasteiger partial charge in [-0.15, -0.1) is 0 Å². The van der Waals surface area contributed by atoms with Crippen LogP contribution in [0.3, 0.4) is 0 Å². The zero-order chi connectivity index (χ0) is 19.0. The number of methoxy groups -OCH3 is 1. The van der Waals surface area contributed by atoms with Crippen molar-refractivity contribution in [3.05, 3.63) is 57.6 Å². The molecule has 1 unspecified atom stereocenters. The molecule has 1 aliphatic carbocycles. The van der Waals surface area contributed by atoms with Crippen molar-refractivity contribution in [3.63, 3.8) is 0 Å². The number of aliphatic imine (C=N–C) groups is 1. The van der Waals surface area contributed by atoms with Crippen molar-refractivity contribution in [2.24, 2.45) is 16.6 Å². The van der Waals surface area contributed by atoms with E-state index in [0.29, 0.717) is 12.5 Å². The molecule has 0 spiro atoms. The quantitative estimate of drug-likeness (QED) is 0.747. The van der Waals surface area contributed by atoms with E-state index in [1.54, 1.807) is 7.11 Å². The lowest BCUT2D eigenvalue weighted by atomic mass is 9.83. The molecule has 2 N–H and O–H groups in total. The van der Waals surface area contributed by atoms with E-state index in [1.165, 1.54) is 12.8 Å². The van der Waals surface area contributed by atoms with Crippen molar-refractivity contribution in [2.45, 2.75) is 25.3 Å². The molecule has 0 bridgehead atoms. The summed E-state index contributed by atoms with van der Waals surface area (Å²) >= 11 is 3.61. The van der Waals surface area contributed by atoms with Gasteiger partial charge in [-0.25, -0.2) is 4.99 Å². The zero-order valence-electron chi connectivity index (χ0n) is 15.5. The number of nitrogens with zero attached hydrogens (tertiary/aromatic N) is 1. The lowest BCUT2D eigenvalue weighted by molar-refractivity contribution is 0.276. The molecule has 142 valence electrons. The molecule has 0 saturated heterocycles. The fourth-order valence-electron chi connectivity index (χ4n) is 3.41. The second-order valence-corrected chi connectivity index (χ2v) is 8.13. The molecule has 2 aliphatic rings. The van der Waals surface area contributed by atoms with Gasteiger partial charge in [0.2, 0.25) is 0 Å². The van der Waals surface area contributed by atoms with Crippen LogP contribution in [-0.4, -0.2) is 26.3 Å². The molecule has 6 heteroatoms. The highest BCUT2D eigenvalue weighted by molar-refractivity contribution is 9.10. The van der Waals surface area contributed by atoms with Crippen LogP contribution in [0, 0.1) is 12.8 Å². The smallest absolute Gasteiger partial charge is 0.283 e. The van der Waals surface area contributed by atoms with Gasteiger partial charge in [-0.05, 0) is 72.7 Å². The monoisotopic (exact) mass is 430 g/mol. The highest BCUT2D eigenvalue weighted by Crippen LogP contribution is 2.41. The summed E-state index contributed by atoms with van der Waals surface area (Å²) in [4.78, 5) is 4.70. The molecule has 0 radical (unpaired) electrons. The molecule has 1 saturated carbocycles. The van der Waals surface area contributed by atoms with Crippen molar-refractivity contribution in [2.75, 3.05) is 20.3 Å². The molecule has 1 heterocycles. The molecule has 27 heavy (non-hydrogen) atoms. The van der Waals surface area contributed by atoms with Gasteiger partial charge < -0.3 is 19.9 Å². The average Bonchev–Trinajstić information content (AvgIpc) is 3.40. The van der Waals surface area contributed by atoms with Gasteiger partial charge in [0, 0.05) is 4.47 Å². The van der Waals surface area contributed by atoms with Crippen molar-refractivity contribution in [3.8, 4) is 11.5 Å². The third-order valence-electron chi connectivity index (χ3n) is 5.13. The molecule has 0 aromatic heterocycles. The first-order valence-electron chi connectivity index (χ1n) is 9.07. The average molecular weight is 431 g/mol. The van der Waals surface area contributed by atoms with Crippen molar-refractivity contribution in [1.29, 1.82) is 0 Å². The van der Waals surface area contributed by atoms with E-state index < -0.39 is 5.54 Å². The topological polar surface area (TPSA) is 66.1 Å². The zero-order valence-corrected chi connectivity index (χ0v) is 17.1. The van der Waals surface area contributed by atoms with E-state index in [1.807, 2.05) is 31.2 Å². The van der Waals surface area contributed by atoms with Crippen LogP contribution in [0.5, 0.6) is 11.5 Å². The van der Waals surface area contributed by atoms with E-state index in [2.05, 4.69) is 28.1 Å². The van der Waals surface area contributed by atoms with Gasteiger partial charge in [-0.3, -0.25) is 0 Å². The molecule has 1 fully saturated rings. The Morgan fingerprint density at radius 3 is 2.67 bits per heavy atom. The maximum absolute atomic E-state index is 6.01.